The van der Waals surface area contributed by atoms with Gasteiger partial charge >= 0.3 is 0 Å². The molecule has 0 spiro atoms. The molecule has 0 amide bonds. The number of nitrogens with zero attached hydrogens (tertiary/aromatic N) is 6. The Kier molecular flexibility index (Phi) is 4.61. The van der Waals surface area contributed by atoms with Gasteiger partial charge in [0.2, 0.25) is 0 Å². The first-order valence-electron chi connectivity index (χ1n) is 9.61. The number of aryl methyl sites for hydroxylation is 1. The Morgan fingerprint density at radius 2 is 1.86 bits per heavy atom. The maximum Gasteiger partial charge on any atom is 0.164 e. The van der Waals surface area contributed by atoms with Crippen molar-refractivity contribution in [3.05, 3.63) is 78.4 Å². The van der Waals surface area contributed by atoms with Crippen LogP contribution in [-0.4, -0.2) is 35.6 Å². The molecule has 0 radical (unpaired) electrons. The van der Waals surface area contributed by atoms with Crippen molar-refractivity contribution < 1.29 is 4.39 Å². The van der Waals surface area contributed by atoms with Crippen molar-refractivity contribution in [2.24, 2.45) is 0 Å². The fraction of sp³-hybridized carbons (Fsp3) is 0.238. The molecule has 2 aromatic heterocycles. The van der Waals surface area contributed by atoms with Crippen LogP contribution >= 0.6 is 0 Å². The van der Waals surface area contributed by atoms with Gasteiger partial charge in [0.15, 0.2) is 5.82 Å². The molecular formula is C21H20FN7. The number of hydrogen-bond donors (Lipinski definition) is 1. The van der Waals surface area contributed by atoms with Crippen LogP contribution in [0.1, 0.15) is 17.8 Å². The van der Waals surface area contributed by atoms with Crippen molar-refractivity contribution in [1.29, 1.82) is 0 Å². The summed E-state index contributed by atoms with van der Waals surface area (Å²) in [4.78, 5) is 3.97. The van der Waals surface area contributed by atoms with Crippen LogP contribution in [0.15, 0.2) is 61.2 Å². The van der Waals surface area contributed by atoms with E-state index in [2.05, 4.69) is 42.3 Å². The highest BCUT2D eigenvalue weighted by Gasteiger charge is 2.23. The molecule has 0 bridgehead atoms. The van der Waals surface area contributed by atoms with E-state index in [1.54, 1.807) is 23.1 Å². The predicted octanol–water partition coefficient (Wildman–Crippen LogP) is 2.77. The van der Waals surface area contributed by atoms with Crippen LogP contribution in [0.4, 0.5) is 4.39 Å². The first kappa shape index (κ1) is 17.7. The number of hydrogen-bond acceptors (Lipinski definition) is 5. The van der Waals surface area contributed by atoms with E-state index in [-0.39, 0.29) is 5.82 Å². The van der Waals surface area contributed by atoms with Crippen LogP contribution in [-0.2, 0) is 19.5 Å². The molecule has 0 unspecified atom stereocenters. The van der Waals surface area contributed by atoms with E-state index in [9.17, 15) is 4.39 Å². The van der Waals surface area contributed by atoms with Crippen molar-refractivity contribution in [2.45, 2.75) is 32.0 Å². The van der Waals surface area contributed by atoms with Gasteiger partial charge in [-0.1, -0.05) is 12.1 Å². The van der Waals surface area contributed by atoms with Crippen molar-refractivity contribution in [2.75, 3.05) is 0 Å². The van der Waals surface area contributed by atoms with Gasteiger partial charge in [-0.2, -0.15) is 5.10 Å². The number of benzene rings is 2. The largest absolute Gasteiger partial charge is 0.309 e. The van der Waals surface area contributed by atoms with E-state index in [1.165, 1.54) is 24.0 Å². The average molecular weight is 389 g/mol. The third kappa shape index (κ3) is 3.66. The molecule has 8 heteroatoms. The fourth-order valence-corrected chi connectivity index (χ4v) is 3.68. The third-order valence-electron chi connectivity index (χ3n) is 5.26. The maximum absolute atomic E-state index is 13.2. The summed E-state index contributed by atoms with van der Waals surface area (Å²) < 4.78 is 17.1. The van der Waals surface area contributed by atoms with E-state index >= 15 is 0 Å². The Bertz CT molecular complexity index is 1090. The summed E-state index contributed by atoms with van der Waals surface area (Å²) in [5.74, 6) is 1.53. The van der Waals surface area contributed by atoms with Crippen LogP contribution in [0, 0.1) is 5.82 Å². The molecule has 0 saturated carbocycles. The molecule has 1 aliphatic heterocycles. The lowest BCUT2D eigenvalue weighted by molar-refractivity contribution is 0.381. The molecule has 2 aromatic carbocycles. The molecule has 1 N–H and O–H groups in total. The van der Waals surface area contributed by atoms with Crippen LogP contribution in [0.5, 0.6) is 0 Å². The van der Waals surface area contributed by atoms with Crippen molar-refractivity contribution in [3.8, 4) is 17.1 Å². The molecular weight excluding hydrogens is 369 g/mol. The molecule has 29 heavy (non-hydrogen) atoms. The van der Waals surface area contributed by atoms with Crippen molar-refractivity contribution in [3.63, 3.8) is 0 Å². The minimum absolute atomic E-state index is 0.249. The van der Waals surface area contributed by atoms with Gasteiger partial charge in [-0.25, -0.2) is 14.1 Å². The Morgan fingerprint density at radius 1 is 1.03 bits per heavy atom. The quantitative estimate of drug-likeness (QED) is 0.568. The summed E-state index contributed by atoms with van der Waals surface area (Å²) in [6.07, 6.45) is 5.10. The number of fused-ring (bicyclic) bond motifs is 1. The summed E-state index contributed by atoms with van der Waals surface area (Å²) in [5.41, 5.74) is 3.08. The molecule has 146 valence electrons. The number of nitrogens with one attached hydrogen (secondary N) is 1. The maximum atomic E-state index is 13.2. The summed E-state index contributed by atoms with van der Waals surface area (Å²) >= 11 is 0. The molecule has 1 atom stereocenters. The molecule has 0 fully saturated rings. The fourth-order valence-electron chi connectivity index (χ4n) is 3.68. The first-order valence-corrected chi connectivity index (χ1v) is 9.61. The zero-order valence-corrected chi connectivity index (χ0v) is 15.7. The topological polar surface area (TPSA) is 73.5 Å². The molecule has 4 aromatic rings. The Balaban J connectivity index is 1.25. The van der Waals surface area contributed by atoms with Gasteiger partial charge in [0.05, 0.1) is 5.69 Å². The summed E-state index contributed by atoms with van der Waals surface area (Å²) in [7, 11) is 0. The first-order chi connectivity index (χ1) is 14.3. The summed E-state index contributed by atoms with van der Waals surface area (Å²) in [6.45, 7) is 1.58. The average Bonchev–Trinajstić information content (AvgIpc) is 3.43. The van der Waals surface area contributed by atoms with Gasteiger partial charge in [-0.15, -0.1) is 10.2 Å². The Labute approximate surface area is 167 Å². The van der Waals surface area contributed by atoms with Gasteiger partial charge in [0.1, 0.15) is 24.3 Å². The van der Waals surface area contributed by atoms with E-state index in [4.69, 9.17) is 0 Å². The highest BCUT2D eigenvalue weighted by atomic mass is 19.1. The van der Waals surface area contributed by atoms with Gasteiger partial charge in [-0.3, -0.25) is 0 Å². The third-order valence-corrected chi connectivity index (χ3v) is 5.26. The van der Waals surface area contributed by atoms with E-state index in [1.807, 2.05) is 12.1 Å². The lowest BCUT2D eigenvalue weighted by atomic mass is 10.1. The van der Waals surface area contributed by atoms with E-state index in [0.717, 1.165) is 48.8 Å². The molecule has 0 aliphatic carbocycles. The number of rotatable bonds is 5. The van der Waals surface area contributed by atoms with Gasteiger partial charge in [-0.05, 0) is 48.4 Å². The molecule has 7 nitrogen and oxygen atoms in total. The highest BCUT2D eigenvalue weighted by molar-refractivity contribution is 5.55. The lowest BCUT2D eigenvalue weighted by Gasteiger charge is -2.25. The Morgan fingerprint density at radius 3 is 2.62 bits per heavy atom. The van der Waals surface area contributed by atoms with E-state index < -0.39 is 0 Å². The minimum atomic E-state index is -0.249. The monoisotopic (exact) mass is 389 g/mol. The second kappa shape index (κ2) is 7.56. The van der Waals surface area contributed by atoms with Crippen LogP contribution in [0.25, 0.3) is 17.1 Å². The van der Waals surface area contributed by atoms with Crippen LogP contribution in [0.2, 0.25) is 0 Å². The predicted molar refractivity (Wildman–Crippen MR) is 106 cm³/mol. The molecule has 0 saturated heterocycles. The normalized spacial score (nSPS) is 16.0. The van der Waals surface area contributed by atoms with Crippen LogP contribution < -0.4 is 5.32 Å². The Hall–Kier alpha value is -3.39. The standard InChI is InChI=1S/C21H20FN7/c22-17-5-3-16(4-6-17)21-27-26-20-10-7-18(12-28(20)21)24-11-15-1-8-19(9-2-15)29-14-23-13-25-29/h1-6,8-9,13-14,18,24H,7,10-12H2/t18-/m0/s1. The summed E-state index contributed by atoms with van der Waals surface area (Å²) in [6, 6.07) is 15.0. The van der Waals surface area contributed by atoms with Crippen molar-refractivity contribution >= 4 is 0 Å². The smallest absolute Gasteiger partial charge is 0.164 e. The summed E-state index contributed by atoms with van der Waals surface area (Å²) in [5, 5.41) is 16.4. The number of aromatic nitrogens is 6. The highest BCUT2D eigenvalue weighted by Crippen LogP contribution is 2.23. The van der Waals surface area contributed by atoms with E-state index in [0.29, 0.717) is 6.04 Å². The second-order valence-electron chi connectivity index (χ2n) is 7.18. The van der Waals surface area contributed by atoms with Crippen molar-refractivity contribution in [1.82, 2.24) is 34.8 Å². The van der Waals surface area contributed by atoms with Gasteiger partial charge in [0.25, 0.3) is 0 Å². The molecule has 5 rings (SSSR count). The van der Waals surface area contributed by atoms with Crippen LogP contribution in [0.3, 0.4) is 0 Å². The zero-order chi connectivity index (χ0) is 19.6. The van der Waals surface area contributed by atoms with Gasteiger partial charge < -0.3 is 9.88 Å². The van der Waals surface area contributed by atoms with Gasteiger partial charge in [0, 0.05) is 31.1 Å². The number of halogens is 1. The molecule has 3 heterocycles. The molecule has 1 aliphatic rings. The minimum Gasteiger partial charge on any atom is -0.309 e. The second-order valence-corrected chi connectivity index (χ2v) is 7.18. The zero-order valence-electron chi connectivity index (χ0n) is 15.7. The SMILES string of the molecule is Fc1ccc(-c2nnc3n2C[C@@H](NCc2ccc(-n4cncn4)cc2)CC3)cc1. The lowest BCUT2D eigenvalue weighted by Crippen LogP contribution is -2.37.